The van der Waals surface area contributed by atoms with Crippen molar-refractivity contribution >= 4 is 30.0 Å². The van der Waals surface area contributed by atoms with Gasteiger partial charge in [-0.2, -0.15) is 5.10 Å². The summed E-state index contributed by atoms with van der Waals surface area (Å²) in [7, 11) is 0. The minimum absolute atomic E-state index is 0. The van der Waals surface area contributed by atoms with Crippen molar-refractivity contribution in [2.75, 3.05) is 11.9 Å². The molecule has 1 amide bonds. The van der Waals surface area contributed by atoms with Gasteiger partial charge in [0.25, 0.3) is 0 Å². The Morgan fingerprint density at radius 3 is 2.45 bits per heavy atom. The maximum absolute atomic E-state index is 12.3. The smallest absolute Gasteiger partial charge is 0.338 e. The molecule has 0 fully saturated rings. The molecule has 1 aromatic heterocycles. The molecule has 0 aliphatic rings. The summed E-state index contributed by atoms with van der Waals surface area (Å²) >= 11 is 0. The molecular weight excluding hydrogens is 396 g/mol. The van der Waals surface area contributed by atoms with Crippen molar-refractivity contribution in [2.45, 2.75) is 52.3 Å². The number of aromatic nitrogens is 2. The fourth-order valence-electron chi connectivity index (χ4n) is 2.58. The fourth-order valence-corrected chi connectivity index (χ4v) is 2.58. The molecule has 2 aromatic rings. The van der Waals surface area contributed by atoms with E-state index in [4.69, 9.17) is 15.6 Å². The van der Waals surface area contributed by atoms with E-state index in [9.17, 15) is 9.59 Å². The van der Waals surface area contributed by atoms with Gasteiger partial charge in [0.05, 0.1) is 30.5 Å². The van der Waals surface area contributed by atoms with Gasteiger partial charge in [-0.1, -0.05) is 0 Å². The number of aliphatic hydroxyl groups excluding tert-OH is 1. The van der Waals surface area contributed by atoms with Crippen LogP contribution in [-0.4, -0.2) is 45.0 Å². The van der Waals surface area contributed by atoms with E-state index in [0.717, 1.165) is 5.69 Å². The Hall–Kier alpha value is -2.42. The van der Waals surface area contributed by atoms with Gasteiger partial charge in [-0.15, -0.1) is 12.4 Å². The minimum Gasteiger partial charge on any atom is -0.456 e. The number of hydrogen-bond acceptors (Lipinski definition) is 6. The molecule has 0 spiro atoms. The van der Waals surface area contributed by atoms with Crippen LogP contribution in [0.1, 0.15) is 42.5 Å². The van der Waals surface area contributed by atoms with E-state index >= 15 is 0 Å². The highest BCUT2D eigenvalue weighted by molar-refractivity contribution is 5.96. The molecule has 160 valence electrons. The van der Waals surface area contributed by atoms with E-state index < -0.39 is 17.6 Å². The number of esters is 1. The lowest BCUT2D eigenvalue weighted by molar-refractivity contribution is -0.117. The zero-order valence-corrected chi connectivity index (χ0v) is 18.0. The number of nitrogens with one attached hydrogen (secondary N) is 1. The maximum Gasteiger partial charge on any atom is 0.338 e. The molecule has 8 nitrogen and oxygen atoms in total. The molecule has 29 heavy (non-hydrogen) atoms. The van der Waals surface area contributed by atoms with E-state index in [0.29, 0.717) is 23.5 Å². The number of nitrogens with two attached hydrogens (primary N) is 1. The molecule has 2 rings (SSSR count). The number of halogens is 1. The molecule has 0 saturated carbocycles. The number of hydrogen-bond donors (Lipinski definition) is 3. The lowest BCUT2D eigenvalue weighted by Crippen LogP contribution is -2.37. The fraction of sp³-hybridized carbons (Fsp3) is 0.450. The summed E-state index contributed by atoms with van der Waals surface area (Å²) in [6.45, 7) is 7.68. The number of amides is 1. The third kappa shape index (κ3) is 7.49. The normalized spacial score (nSPS) is 12.1. The van der Waals surface area contributed by atoms with Crippen molar-refractivity contribution in [3.05, 3.63) is 47.3 Å². The number of nitrogens with zero attached hydrogens (tertiary/aromatic N) is 2. The molecule has 1 atom stereocenters. The predicted molar refractivity (Wildman–Crippen MR) is 113 cm³/mol. The van der Waals surface area contributed by atoms with Crippen molar-refractivity contribution in [1.82, 2.24) is 9.78 Å². The Labute approximate surface area is 176 Å². The number of aliphatic hydroxyl groups is 1. The van der Waals surface area contributed by atoms with Gasteiger partial charge < -0.3 is 20.9 Å². The van der Waals surface area contributed by atoms with Gasteiger partial charge >= 0.3 is 5.97 Å². The van der Waals surface area contributed by atoms with Crippen LogP contribution in [0, 0.1) is 6.92 Å². The Morgan fingerprint density at radius 2 is 1.90 bits per heavy atom. The number of carbonyl (C=O) groups is 2. The number of aryl methyl sites for hydroxylation is 1. The van der Waals surface area contributed by atoms with E-state index in [1.165, 1.54) is 0 Å². The minimum atomic E-state index is -0.776. The van der Waals surface area contributed by atoms with Crippen molar-refractivity contribution in [3.63, 3.8) is 0 Å². The first-order valence-corrected chi connectivity index (χ1v) is 9.13. The SMILES string of the molecule is Cc1cc(CC(N)C(=O)Nc2ccc(C(=O)OC(C)(C)C)cc2)nn1CCO.Cl. The second kappa shape index (κ2) is 10.4. The first-order valence-electron chi connectivity index (χ1n) is 9.13. The number of ether oxygens (including phenoxy) is 1. The van der Waals surface area contributed by atoms with Crippen LogP contribution in [-0.2, 0) is 22.5 Å². The van der Waals surface area contributed by atoms with Crippen molar-refractivity contribution in [2.24, 2.45) is 5.73 Å². The molecule has 9 heteroatoms. The van der Waals surface area contributed by atoms with Crippen LogP contribution in [0.5, 0.6) is 0 Å². The third-order valence-corrected chi connectivity index (χ3v) is 3.90. The van der Waals surface area contributed by atoms with Crippen LogP contribution in [0.15, 0.2) is 30.3 Å². The summed E-state index contributed by atoms with van der Waals surface area (Å²) in [6.07, 6.45) is 0.279. The highest BCUT2D eigenvalue weighted by Crippen LogP contribution is 2.15. The van der Waals surface area contributed by atoms with Crippen LogP contribution in [0.4, 0.5) is 5.69 Å². The lowest BCUT2D eigenvalue weighted by Gasteiger charge is -2.19. The van der Waals surface area contributed by atoms with E-state index in [2.05, 4.69) is 10.4 Å². The average molecular weight is 425 g/mol. The first-order chi connectivity index (χ1) is 13.1. The summed E-state index contributed by atoms with van der Waals surface area (Å²) in [5, 5.41) is 16.1. The summed E-state index contributed by atoms with van der Waals surface area (Å²) in [6, 6.07) is 7.51. The molecule has 1 aromatic carbocycles. The van der Waals surface area contributed by atoms with Gasteiger partial charge in [-0.05, 0) is 58.0 Å². The predicted octanol–water partition coefficient (Wildman–Crippen LogP) is 2.07. The van der Waals surface area contributed by atoms with Crippen LogP contribution in [0.3, 0.4) is 0 Å². The molecule has 4 N–H and O–H groups in total. The monoisotopic (exact) mass is 424 g/mol. The Bertz CT molecular complexity index is 828. The van der Waals surface area contributed by atoms with Gasteiger partial charge in [-0.25, -0.2) is 4.79 Å². The number of carbonyl (C=O) groups excluding carboxylic acids is 2. The zero-order valence-electron chi connectivity index (χ0n) is 17.1. The van der Waals surface area contributed by atoms with Crippen LogP contribution < -0.4 is 11.1 Å². The van der Waals surface area contributed by atoms with Gasteiger partial charge in [-0.3, -0.25) is 9.48 Å². The number of benzene rings is 1. The quantitative estimate of drug-likeness (QED) is 0.585. The van der Waals surface area contributed by atoms with Gasteiger partial charge in [0.1, 0.15) is 5.60 Å². The molecule has 0 aliphatic heterocycles. The van der Waals surface area contributed by atoms with Gasteiger partial charge in [0.2, 0.25) is 5.91 Å². The van der Waals surface area contributed by atoms with Gasteiger partial charge in [0, 0.05) is 17.8 Å². The summed E-state index contributed by atoms with van der Waals surface area (Å²) < 4.78 is 6.98. The highest BCUT2D eigenvalue weighted by Gasteiger charge is 2.19. The molecule has 0 radical (unpaired) electrons. The number of rotatable bonds is 7. The summed E-state index contributed by atoms with van der Waals surface area (Å²) in [4.78, 5) is 24.4. The Morgan fingerprint density at radius 1 is 1.28 bits per heavy atom. The molecule has 0 aliphatic carbocycles. The molecule has 0 bridgehead atoms. The summed E-state index contributed by atoms with van der Waals surface area (Å²) in [5.41, 5.74) is 7.95. The maximum atomic E-state index is 12.3. The van der Waals surface area contributed by atoms with E-state index in [1.807, 2.05) is 13.0 Å². The first kappa shape index (κ1) is 24.6. The van der Waals surface area contributed by atoms with Crippen molar-refractivity contribution < 1.29 is 19.4 Å². The molecule has 1 heterocycles. The molecule has 0 saturated heterocycles. The lowest BCUT2D eigenvalue weighted by atomic mass is 10.1. The molecule has 1 unspecified atom stereocenters. The standard InChI is InChI=1S/C20H28N4O4.ClH/c1-13-11-16(23-24(13)9-10-25)12-17(21)18(26)22-15-7-5-14(6-8-15)19(27)28-20(2,3)4;/h5-8,11,17,25H,9-10,12,21H2,1-4H3,(H,22,26);1H. The van der Waals surface area contributed by atoms with Crippen LogP contribution in [0.25, 0.3) is 0 Å². The highest BCUT2D eigenvalue weighted by atomic mass is 35.5. The zero-order chi connectivity index (χ0) is 20.9. The van der Waals surface area contributed by atoms with Crippen LogP contribution in [0.2, 0.25) is 0 Å². The van der Waals surface area contributed by atoms with Crippen molar-refractivity contribution in [3.8, 4) is 0 Å². The third-order valence-electron chi connectivity index (χ3n) is 3.90. The van der Waals surface area contributed by atoms with Crippen molar-refractivity contribution in [1.29, 1.82) is 0 Å². The van der Waals surface area contributed by atoms with Crippen LogP contribution >= 0.6 is 12.4 Å². The number of anilines is 1. The summed E-state index contributed by atoms with van der Waals surface area (Å²) in [5.74, 6) is -0.768. The van der Waals surface area contributed by atoms with E-state index in [-0.39, 0.29) is 31.3 Å². The topological polar surface area (TPSA) is 119 Å². The second-order valence-corrected chi connectivity index (χ2v) is 7.60. The average Bonchev–Trinajstić information content (AvgIpc) is 2.93. The second-order valence-electron chi connectivity index (χ2n) is 7.60. The largest absolute Gasteiger partial charge is 0.456 e. The van der Waals surface area contributed by atoms with Gasteiger partial charge in [0.15, 0.2) is 0 Å². The molecular formula is C20H29ClN4O4. The Kier molecular flexibility index (Phi) is 8.81. The van der Waals surface area contributed by atoms with E-state index in [1.54, 1.807) is 49.7 Å². The Balaban J connectivity index is 0.00000420.